The summed E-state index contributed by atoms with van der Waals surface area (Å²) in [7, 11) is 0. The lowest BCUT2D eigenvalue weighted by Crippen LogP contribution is -2.12. The third-order valence-electron chi connectivity index (χ3n) is 5.95. The van der Waals surface area contributed by atoms with Gasteiger partial charge < -0.3 is 0 Å². The summed E-state index contributed by atoms with van der Waals surface area (Å²) in [6.07, 6.45) is 22.8. The van der Waals surface area contributed by atoms with Gasteiger partial charge in [0, 0.05) is 0 Å². The van der Waals surface area contributed by atoms with E-state index < -0.39 is 0 Å². The van der Waals surface area contributed by atoms with E-state index >= 15 is 0 Å². The average Bonchev–Trinajstić information content (AvgIpc) is 2.64. The van der Waals surface area contributed by atoms with Crippen molar-refractivity contribution in [2.24, 2.45) is 17.3 Å². The Kier molecular flexibility index (Phi) is 14.4. The zero-order chi connectivity index (χ0) is 20.7. The first-order chi connectivity index (χ1) is 12.8. The lowest BCUT2D eigenvalue weighted by molar-refractivity contribution is 0.292. The minimum Gasteiger partial charge on any atom is -0.102 e. The summed E-state index contributed by atoms with van der Waals surface area (Å²) in [4.78, 5) is 0. The van der Waals surface area contributed by atoms with E-state index in [1.54, 1.807) is 5.57 Å². The molecule has 0 heterocycles. The Hall–Kier alpha value is -1.04. The highest BCUT2D eigenvalue weighted by Gasteiger charge is 2.18. The smallest absolute Gasteiger partial charge is 0.00556 e. The van der Waals surface area contributed by atoms with E-state index in [0.29, 0.717) is 17.3 Å². The lowest BCUT2D eigenvalue weighted by Gasteiger charge is -2.25. The minimum atomic E-state index is 0.450. The molecule has 156 valence electrons. The fourth-order valence-electron chi connectivity index (χ4n) is 3.58. The van der Waals surface area contributed by atoms with E-state index in [2.05, 4.69) is 85.4 Å². The zero-order valence-electron chi connectivity index (χ0n) is 19.6. The molecule has 0 aromatic heterocycles. The number of allylic oxidation sites excluding steroid dienone is 7. The van der Waals surface area contributed by atoms with Crippen LogP contribution in [0.1, 0.15) is 106 Å². The van der Waals surface area contributed by atoms with Gasteiger partial charge in [-0.1, -0.05) is 90.3 Å². The molecule has 0 saturated carbocycles. The zero-order valence-corrected chi connectivity index (χ0v) is 19.6. The Balaban J connectivity index is 4.64. The fraction of sp³-hybridized carbons (Fsp3) is 0.704. The van der Waals surface area contributed by atoms with Gasteiger partial charge in [-0.25, -0.2) is 0 Å². The van der Waals surface area contributed by atoms with Crippen LogP contribution in [0.3, 0.4) is 0 Å². The van der Waals surface area contributed by atoms with E-state index in [0.717, 1.165) is 12.8 Å². The van der Waals surface area contributed by atoms with Crippen LogP contribution >= 0.6 is 0 Å². The number of unbranched alkanes of at least 4 members (excludes halogenated alkanes) is 1. The third kappa shape index (κ3) is 12.1. The maximum atomic E-state index is 3.97. The number of rotatable bonds is 15. The van der Waals surface area contributed by atoms with Crippen LogP contribution in [0.2, 0.25) is 0 Å². The molecule has 0 amide bonds. The van der Waals surface area contributed by atoms with Crippen LogP contribution in [0.15, 0.2) is 48.1 Å². The van der Waals surface area contributed by atoms with Crippen molar-refractivity contribution in [2.75, 3.05) is 0 Å². The van der Waals surface area contributed by atoms with Gasteiger partial charge in [-0.05, 0) is 74.7 Å². The van der Waals surface area contributed by atoms with Crippen molar-refractivity contribution in [3.8, 4) is 0 Å². The molecule has 0 spiro atoms. The highest BCUT2D eigenvalue weighted by Crippen LogP contribution is 2.32. The van der Waals surface area contributed by atoms with Gasteiger partial charge >= 0.3 is 0 Å². The molecule has 0 N–H and O–H groups in total. The molecule has 0 fully saturated rings. The van der Waals surface area contributed by atoms with Crippen molar-refractivity contribution >= 4 is 0 Å². The van der Waals surface area contributed by atoms with Crippen molar-refractivity contribution in [2.45, 2.75) is 106 Å². The molecule has 0 aliphatic heterocycles. The quantitative estimate of drug-likeness (QED) is 0.198. The van der Waals surface area contributed by atoms with Gasteiger partial charge in [0.1, 0.15) is 0 Å². The molecule has 0 radical (unpaired) electrons. The molecule has 0 aliphatic carbocycles. The summed E-state index contributed by atoms with van der Waals surface area (Å²) >= 11 is 0. The van der Waals surface area contributed by atoms with Crippen molar-refractivity contribution in [1.29, 1.82) is 0 Å². The number of hydrogen-bond donors (Lipinski definition) is 0. The molecular weight excluding hydrogens is 324 g/mol. The molecular formula is C27H48. The summed E-state index contributed by atoms with van der Waals surface area (Å²) in [5, 5.41) is 0. The molecule has 27 heavy (non-hydrogen) atoms. The van der Waals surface area contributed by atoms with Gasteiger partial charge in [0.25, 0.3) is 0 Å². The largest absolute Gasteiger partial charge is 0.102 e. The van der Waals surface area contributed by atoms with Crippen LogP contribution in [0.25, 0.3) is 0 Å². The van der Waals surface area contributed by atoms with Crippen molar-refractivity contribution < 1.29 is 0 Å². The monoisotopic (exact) mass is 372 g/mol. The van der Waals surface area contributed by atoms with Gasteiger partial charge in [-0.3, -0.25) is 0 Å². The molecule has 2 atom stereocenters. The van der Waals surface area contributed by atoms with E-state index in [1.165, 1.54) is 50.5 Å². The molecule has 0 saturated heterocycles. The van der Waals surface area contributed by atoms with Crippen LogP contribution in [0, 0.1) is 17.3 Å². The summed E-state index contributed by atoms with van der Waals surface area (Å²) < 4.78 is 0. The topological polar surface area (TPSA) is 0 Å². The van der Waals surface area contributed by atoms with Gasteiger partial charge in [0.15, 0.2) is 0 Å². The summed E-state index contributed by atoms with van der Waals surface area (Å²) in [5.74, 6) is 1.14. The van der Waals surface area contributed by atoms with Gasteiger partial charge in [0.2, 0.25) is 0 Å². The Morgan fingerprint density at radius 1 is 1.04 bits per heavy atom. The second-order valence-corrected chi connectivity index (χ2v) is 9.01. The summed E-state index contributed by atoms with van der Waals surface area (Å²) in [6, 6.07) is 0. The fourth-order valence-corrected chi connectivity index (χ4v) is 3.58. The van der Waals surface area contributed by atoms with E-state index in [9.17, 15) is 0 Å². The molecule has 0 aromatic rings. The molecule has 0 nitrogen and oxygen atoms in total. The Labute approximate surface area is 171 Å². The second-order valence-electron chi connectivity index (χ2n) is 9.01. The normalized spacial score (nSPS) is 16.0. The van der Waals surface area contributed by atoms with Gasteiger partial charge in [-0.2, -0.15) is 0 Å². The molecule has 0 heteroatoms. The maximum absolute atomic E-state index is 3.97. The van der Waals surface area contributed by atoms with Crippen molar-refractivity contribution in [3.63, 3.8) is 0 Å². The average molecular weight is 373 g/mol. The van der Waals surface area contributed by atoms with Gasteiger partial charge in [-0.15, -0.1) is 6.58 Å². The van der Waals surface area contributed by atoms with Crippen molar-refractivity contribution in [1.82, 2.24) is 0 Å². The highest BCUT2D eigenvalue weighted by atomic mass is 14.2. The Bertz CT molecular complexity index is 472. The van der Waals surface area contributed by atoms with Crippen LogP contribution < -0.4 is 0 Å². The predicted octanol–water partition coefficient (Wildman–Crippen LogP) is 9.45. The summed E-state index contributed by atoms with van der Waals surface area (Å²) in [5.41, 5.74) is 3.54. The molecule has 0 rings (SSSR count). The Morgan fingerprint density at radius 2 is 1.70 bits per heavy atom. The van der Waals surface area contributed by atoms with Gasteiger partial charge in [0.05, 0.1) is 0 Å². The first-order valence-corrected chi connectivity index (χ1v) is 11.5. The van der Waals surface area contributed by atoms with Crippen LogP contribution in [0.5, 0.6) is 0 Å². The van der Waals surface area contributed by atoms with Crippen LogP contribution in [0.4, 0.5) is 0 Å². The lowest BCUT2D eigenvalue weighted by atomic mass is 9.80. The molecule has 2 unspecified atom stereocenters. The first kappa shape index (κ1) is 26.0. The molecule has 0 bridgehead atoms. The van der Waals surface area contributed by atoms with Crippen molar-refractivity contribution in [3.05, 3.63) is 48.1 Å². The molecule has 0 aromatic carbocycles. The summed E-state index contributed by atoms with van der Waals surface area (Å²) in [6.45, 7) is 20.3. The standard InChI is InChI=1S/C27H48/c1-9-13-14-15-16-21-27(7,8)22-17-18-24(6)26(23(5)10-2)20-19-25(11-3)12-4/h11,14-15,19-20,24-25H,3,9-10,12-13,16-18,21-22H2,1-2,4-8H3. The first-order valence-electron chi connectivity index (χ1n) is 11.5. The predicted molar refractivity (Wildman–Crippen MR) is 126 cm³/mol. The SMILES string of the molecule is C=CC(C=CC(=C(C)CC)C(C)CCCC(C)(C)CCC=CCCC)CC. The van der Waals surface area contributed by atoms with E-state index in [4.69, 9.17) is 0 Å². The number of hydrogen-bond acceptors (Lipinski definition) is 0. The third-order valence-corrected chi connectivity index (χ3v) is 5.95. The Morgan fingerprint density at radius 3 is 2.26 bits per heavy atom. The minimum absolute atomic E-state index is 0.450. The van der Waals surface area contributed by atoms with E-state index in [1.807, 2.05) is 0 Å². The van der Waals surface area contributed by atoms with Crippen LogP contribution in [-0.4, -0.2) is 0 Å². The highest BCUT2D eigenvalue weighted by molar-refractivity contribution is 5.27. The maximum Gasteiger partial charge on any atom is -0.00556 e. The second kappa shape index (κ2) is 14.9. The van der Waals surface area contributed by atoms with Crippen LogP contribution in [-0.2, 0) is 0 Å². The van der Waals surface area contributed by atoms with E-state index in [-0.39, 0.29) is 0 Å². The molecule has 0 aliphatic rings.